The second kappa shape index (κ2) is 9.16. The van der Waals surface area contributed by atoms with Crippen LogP contribution in [0.1, 0.15) is 30.9 Å². The predicted molar refractivity (Wildman–Crippen MR) is 125 cm³/mol. The van der Waals surface area contributed by atoms with Gasteiger partial charge >= 0.3 is 0 Å². The zero-order valence-electron chi connectivity index (χ0n) is 18.0. The van der Waals surface area contributed by atoms with Gasteiger partial charge in [0.1, 0.15) is 12.0 Å². The Morgan fingerprint density at radius 3 is 2.50 bits per heavy atom. The minimum atomic E-state index is 0.669. The van der Waals surface area contributed by atoms with Crippen LogP contribution in [0.3, 0.4) is 0 Å². The van der Waals surface area contributed by atoms with Crippen LogP contribution in [0, 0.1) is 12.8 Å². The van der Waals surface area contributed by atoms with Crippen molar-refractivity contribution >= 4 is 23.0 Å². The van der Waals surface area contributed by atoms with Gasteiger partial charge in [-0.3, -0.25) is 0 Å². The molecule has 0 spiro atoms. The van der Waals surface area contributed by atoms with E-state index in [0.717, 1.165) is 56.2 Å². The van der Waals surface area contributed by atoms with E-state index < -0.39 is 0 Å². The number of nitrogen functional groups attached to an aromatic ring is 1. The molecule has 0 aliphatic carbocycles. The van der Waals surface area contributed by atoms with Crippen LogP contribution in [0.4, 0.5) is 23.0 Å². The number of benzene rings is 2. The number of aryl methyl sites for hydroxylation is 1. The predicted octanol–water partition coefficient (Wildman–Crippen LogP) is 4.98. The molecule has 0 saturated carbocycles. The molecule has 2 N–H and O–H groups in total. The van der Waals surface area contributed by atoms with Crippen molar-refractivity contribution in [1.29, 1.82) is 0 Å². The first-order chi connectivity index (χ1) is 14.7. The van der Waals surface area contributed by atoms with Gasteiger partial charge < -0.3 is 15.5 Å². The maximum Gasteiger partial charge on any atom is 0.161 e. The van der Waals surface area contributed by atoms with Crippen molar-refractivity contribution < 1.29 is 0 Å². The van der Waals surface area contributed by atoms with Crippen molar-refractivity contribution in [2.45, 2.75) is 33.1 Å². The monoisotopic (exact) mass is 401 g/mol. The number of nitrogens with zero attached hydrogens (tertiary/aromatic N) is 4. The molecular weight excluding hydrogens is 370 g/mol. The number of piperidine rings is 1. The quantitative estimate of drug-likeness (QED) is 0.631. The van der Waals surface area contributed by atoms with Gasteiger partial charge in [-0.2, -0.15) is 0 Å². The van der Waals surface area contributed by atoms with E-state index in [1.165, 1.54) is 11.1 Å². The highest BCUT2D eigenvalue weighted by Crippen LogP contribution is 2.35. The SMILES string of the molecule is CCN(c1cccc(C)c1)c1ncnc(N2CCC(Cc3ccccc3)CC2)c1N. The molecule has 1 aromatic heterocycles. The van der Waals surface area contributed by atoms with Crippen LogP contribution < -0.4 is 15.5 Å². The Hall–Kier alpha value is -3.08. The minimum Gasteiger partial charge on any atom is -0.393 e. The molecule has 0 amide bonds. The Kier molecular flexibility index (Phi) is 6.17. The van der Waals surface area contributed by atoms with E-state index in [1.54, 1.807) is 6.33 Å². The Bertz CT molecular complexity index is 964. The summed E-state index contributed by atoms with van der Waals surface area (Å²) in [5.41, 5.74) is 11.0. The number of hydrogen-bond donors (Lipinski definition) is 1. The average Bonchev–Trinajstić information content (AvgIpc) is 2.77. The third-order valence-corrected chi connectivity index (χ3v) is 6.01. The number of aromatic nitrogens is 2. The molecular formula is C25H31N5. The van der Waals surface area contributed by atoms with E-state index in [0.29, 0.717) is 11.6 Å². The van der Waals surface area contributed by atoms with Crippen LogP contribution in [0.2, 0.25) is 0 Å². The highest BCUT2D eigenvalue weighted by Gasteiger charge is 2.24. The van der Waals surface area contributed by atoms with Crippen LogP contribution in [0.25, 0.3) is 0 Å². The average molecular weight is 402 g/mol. The van der Waals surface area contributed by atoms with Crippen molar-refractivity contribution in [3.05, 3.63) is 72.1 Å². The molecule has 3 aromatic rings. The van der Waals surface area contributed by atoms with Gasteiger partial charge in [0, 0.05) is 25.3 Å². The van der Waals surface area contributed by atoms with Gasteiger partial charge in [0.15, 0.2) is 11.6 Å². The molecule has 1 saturated heterocycles. The summed E-state index contributed by atoms with van der Waals surface area (Å²) >= 11 is 0. The maximum atomic E-state index is 6.62. The molecule has 4 rings (SSSR count). The van der Waals surface area contributed by atoms with Gasteiger partial charge in [-0.05, 0) is 62.3 Å². The van der Waals surface area contributed by atoms with E-state index in [2.05, 4.69) is 88.2 Å². The summed E-state index contributed by atoms with van der Waals surface area (Å²) in [6.07, 6.45) is 5.11. The fraction of sp³-hybridized carbons (Fsp3) is 0.360. The van der Waals surface area contributed by atoms with Gasteiger partial charge in [-0.15, -0.1) is 0 Å². The summed E-state index contributed by atoms with van der Waals surface area (Å²) in [6.45, 7) is 6.98. The molecule has 5 heteroatoms. The lowest BCUT2D eigenvalue weighted by Crippen LogP contribution is -2.35. The molecule has 1 aliphatic rings. The first-order valence-corrected chi connectivity index (χ1v) is 10.9. The summed E-state index contributed by atoms with van der Waals surface area (Å²) in [4.78, 5) is 13.6. The Morgan fingerprint density at radius 1 is 1.03 bits per heavy atom. The van der Waals surface area contributed by atoms with Gasteiger partial charge in [0.2, 0.25) is 0 Å². The molecule has 0 radical (unpaired) electrons. The van der Waals surface area contributed by atoms with Crippen LogP contribution >= 0.6 is 0 Å². The third-order valence-electron chi connectivity index (χ3n) is 6.01. The Labute approximate surface area is 179 Å². The second-order valence-electron chi connectivity index (χ2n) is 8.14. The number of hydrogen-bond acceptors (Lipinski definition) is 5. The molecule has 30 heavy (non-hydrogen) atoms. The molecule has 5 nitrogen and oxygen atoms in total. The van der Waals surface area contributed by atoms with Crippen molar-refractivity contribution in [3.8, 4) is 0 Å². The highest BCUT2D eigenvalue weighted by atomic mass is 15.3. The number of nitrogens with two attached hydrogens (primary N) is 1. The zero-order valence-corrected chi connectivity index (χ0v) is 18.0. The summed E-state index contributed by atoms with van der Waals surface area (Å²) in [6, 6.07) is 19.2. The molecule has 0 bridgehead atoms. The summed E-state index contributed by atoms with van der Waals surface area (Å²) in [7, 11) is 0. The number of anilines is 4. The lowest BCUT2D eigenvalue weighted by Gasteiger charge is -2.34. The van der Waals surface area contributed by atoms with Crippen molar-refractivity contribution in [2.24, 2.45) is 5.92 Å². The topological polar surface area (TPSA) is 58.3 Å². The molecule has 156 valence electrons. The molecule has 2 aromatic carbocycles. The first-order valence-electron chi connectivity index (χ1n) is 10.9. The molecule has 1 fully saturated rings. The van der Waals surface area contributed by atoms with E-state index in [1.807, 2.05) is 0 Å². The lowest BCUT2D eigenvalue weighted by atomic mass is 9.90. The standard InChI is InChI=1S/C25H31N5/c1-3-30(22-11-7-8-19(2)16-22)25-23(26)24(27-18-28-25)29-14-12-21(13-15-29)17-20-9-5-4-6-10-20/h4-11,16,18,21H,3,12-15,17,26H2,1-2H3. The van der Waals surface area contributed by atoms with Gasteiger partial charge in [-0.25, -0.2) is 9.97 Å². The third kappa shape index (κ3) is 4.40. The minimum absolute atomic E-state index is 0.669. The maximum absolute atomic E-state index is 6.62. The smallest absolute Gasteiger partial charge is 0.161 e. The second-order valence-corrected chi connectivity index (χ2v) is 8.14. The van der Waals surface area contributed by atoms with Crippen molar-refractivity contribution in [3.63, 3.8) is 0 Å². The Morgan fingerprint density at radius 2 is 1.80 bits per heavy atom. The van der Waals surface area contributed by atoms with E-state index in [-0.39, 0.29) is 0 Å². The largest absolute Gasteiger partial charge is 0.393 e. The van der Waals surface area contributed by atoms with Gasteiger partial charge in [0.05, 0.1) is 0 Å². The molecule has 0 atom stereocenters. The highest BCUT2D eigenvalue weighted by molar-refractivity contribution is 5.79. The summed E-state index contributed by atoms with van der Waals surface area (Å²) < 4.78 is 0. The normalized spacial score (nSPS) is 14.7. The summed E-state index contributed by atoms with van der Waals surface area (Å²) in [5.74, 6) is 2.37. The Balaban J connectivity index is 1.49. The fourth-order valence-corrected chi connectivity index (χ4v) is 4.39. The van der Waals surface area contributed by atoms with Crippen molar-refractivity contribution in [2.75, 3.05) is 35.2 Å². The van der Waals surface area contributed by atoms with Gasteiger partial charge in [-0.1, -0.05) is 42.5 Å². The van der Waals surface area contributed by atoms with Gasteiger partial charge in [0.25, 0.3) is 0 Å². The van der Waals surface area contributed by atoms with Crippen LogP contribution in [-0.4, -0.2) is 29.6 Å². The number of rotatable bonds is 6. The van der Waals surface area contributed by atoms with E-state index in [9.17, 15) is 0 Å². The fourth-order valence-electron chi connectivity index (χ4n) is 4.39. The van der Waals surface area contributed by atoms with Crippen molar-refractivity contribution in [1.82, 2.24) is 9.97 Å². The van der Waals surface area contributed by atoms with Crippen LogP contribution in [-0.2, 0) is 6.42 Å². The molecule has 1 aliphatic heterocycles. The lowest BCUT2D eigenvalue weighted by molar-refractivity contribution is 0.402. The van der Waals surface area contributed by atoms with E-state index in [4.69, 9.17) is 5.73 Å². The molecule has 2 heterocycles. The van der Waals surface area contributed by atoms with Crippen LogP contribution in [0.15, 0.2) is 60.9 Å². The van der Waals surface area contributed by atoms with Crippen LogP contribution in [0.5, 0.6) is 0 Å². The zero-order chi connectivity index (χ0) is 20.9. The van der Waals surface area contributed by atoms with E-state index >= 15 is 0 Å². The molecule has 0 unspecified atom stereocenters. The first kappa shape index (κ1) is 20.2. The summed E-state index contributed by atoms with van der Waals surface area (Å²) in [5, 5.41) is 0.